The van der Waals surface area contributed by atoms with Gasteiger partial charge in [-0.2, -0.15) is 0 Å². The molecular formula is C14H17N3O2. The Kier molecular flexibility index (Phi) is 4.30. The average Bonchev–Trinajstić information content (AvgIpc) is 2.92. The first-order valence-corrected chi connectivity index (χ1v) is 6.07. The van der Waals surface area contributed by atoms with Gasteiger partial charge in [-0.1, -0.05) is 12.1 Å². The second kappa shape index (κ2) is 6.15. The Balaban J connectivity index is 1.92. The molecule has 0 bridgehead atoms. The Labute approximate surface area is 111 Å². The molecule has 2 aromatic rings. The van der Waals surface area contributed by atoms with Crippen molar-refractivity contribution in [2.24, 2.45) is 5.73 Å². The molecule has 1 atom stereocenters. The first kappa shape index (κ1) is 13.3. The second-order valence-corrected chi connectivity index (χ2v) is 4.38. The topological polar surface area (TPSA) is 81.0 Å². The van der Waals surface area contributed by atoms with Crippen LogP contribution in [0.1, 0.15) is 11.3 Å². The molecule has 1 heterocycles. The normalized spacial score (nSPS) is 12.1. The molecule has 0 saturated carbocycles. The van der Waals surface area contributed by atoms with Gasteiger partial charge >= 0.3 is 0 Å². The van der Waals surface area contributed by atoms with E-state index in [1.165, 1.54) is 0 Å². The number of carbonyl (C=O) groups is 1. The van der Waals surface area contributed by atoms with Crippen LogP contribution in [-0.2, 0) is 17.6 Å². The van der Waals surface area contributed by atoms with E-state index in [-0.39, 0.29) is 5.78 Å². The number of Topliss-reactive ketones (excluding diaryl/α,β-unsaturated/α-hetero) is 1. The third-order valence-electron chi connectivity index (χ3n) is 2.95. The van der Waals surface area contributed by atoms with E-state index < -0.39 is 6.04 Å². The van der Waals surface area contributed by atoms with Gasteiger partial charge < -0.3 is 15.5 Å². The minimum Gasteiger partial charge on any atom is -0.497 e. The van der Waals surface area contributed by atoms with Crippen LogP contribution in [0, 0.1) is 0 Å². The minimum atomic E-state index is -0.512. The number of imidazole rings is 1. The van der Waals surface area contributed by atoms with E-state index in [1.807, 2.05) is 24.3 Å². The van der Waals surface area contributed by atoms with E-state index in [2.05, 4.69) is 9.97 Å². The van der Waals surface area contributed by atoms with E-state index in [0.29, 0.717) is 12.8 Å². The Morgan fingerprint density at radius 3 is 2.74 bits per heavy atom. The Bertz CT molecular complexity index is 520. The van der Waals surface area contributed by atoms with E-state index in [1.54, 1.807) is 19.6 Å². The molecule has 0 amide bonds. The van der Waals surface area contributed by atoms with Gasteiger partial charge in [0.25, 0.3) is 0 Å². The SMILES string of the molecule is COc1ccc(CC(=O)[C@@H](N)Cc2cnc[nH]2)cc1. The van der Waals surface area contributed by atoms with E-state index in [4.69, 9.17) is 10.5 Å². The van der Waals surface area contributed by atoms with Gasteiger partial charge in [-0.25, -0.2) is 4.98 Å². The first-order valence-electron chi connectivity index (χ1n) is 6.07. The van der Waals surface area contributed by atoms with Gasteiger partial charge in [0, 0.05) is 24.7 Å². The number of carbonyl (C=O) groups excluding carboxylic acids is 1. The number of hydrogen-bond acceptors (Lipinski definition) is 4. The molecule has 0 unspecified atom stereocenters. The third-order valence-corrected chi connectivity index (χ3v) is 2.95. The highest BCUT2D eigenvalue weighted by Gasteiger charge is 2.15. The highest BCUT2D eigenvalue weighted by molar-refractivity contribution is 5.86. The van der Waals surface area contributed by atoms with Gasteiger partial charge in [0.2, 0.25) is 0 Å². The predicted octanol–water partition coefficient (Wildman–Crippen LogP) is 1.10. The summed E-state index contributed by atoms with van der Waals surface area (Å²) in [6.45, 7) is 0. The summed E-state index contributed by atoms with van der Waals surface area (Å²) < 4.78 is 5.07. The summed E-state index contributed by atoms with van der Waals surface area (Å²) in [7, 11) is 1.61. The van der Waals surface area contributed by atoms with Crippen molar-refractivity contribution in [3.05, 3.63) is 48.0 Å². The highest BCUT2D eigenvalue weighted by atomic mass is 16.5. The Morgan fingerprint density at radius 2 is 2.16 bits per heavy atom. The molecule has 1 aromatic heterocycles. The van der Waals surface area contributed by atoms with E-state index in [9.17, 15) is 4.79 Å². The standard InChI is InChI=1S/C14H17N3O2/c1-19-12-4-2-10(3-5-12)6-14(18)13(15)7-11-8-16-9-17-11/h2-5,8-9,13H,6-7,15H2,1H3,(H,16,17)/t13-/m0/s1. The fourth-order valence-electron chi connectivity index (χ4n) is 1.82. The van der Waals surface area contributed by atoms with Crippen molar-refractivity contribution in [3.8, 4) is 5.75 Å². The monoisotopic (exact) mass is 259 g/mol. The molecule has 0 fully saturated rings. The number of rotatable bonds is 6. The summed E-state index contributed by atoms with van der Waals surface area (Å²) in [5, 5.41) is 0. The maximum absolute atomic E-state index is 12.0. The molecule has 0 aliphatic carbocycles. The van der Waals surface area contributed by atoms with Gasteiger partial charge in [0.15, 0.2) is 5.78 Å². The number of nitrogens with one attached hydrogen (secondary N) is 1. The van der Waals surface area contributed by atoms with Gasteiger partial charge in [-0.05, 0) is 17.7 Å². The van der Waals surface area contributed by atoms with Crippen molar-refractivity contribution in [2.45, 2.75) is 18.9 Å². The van der Waals surface area contributed by atoms with Crippen LogP contribution in [0.3, 0.4) is 0 Å². The number of nitrogens with two attached hydrogens (primary N) is 1. The number of ketones is 1. The smallest absolute Gasteiger partial charge is 0.154 e. The molecule has 5 heteroatoms. The van der Waals surface area contributed by atoms with Crippen LogP contribution in [0.2, 0.25) is 0 Å². The first-order chi connectivity index (χ1) is 9.19. The number of methoxy groups -OCH3 is 1. The molecule has 5 nitrogen and oxygen atoms in total. The lowest BCUT2D eigenvalue weighted by Gasteiger charge is -2.09. The molecule has 0 radical (unpaired) electrons. The lowest BCUT2D eigenvalue weighted by Crippen LogP contribution is -2.34. The number of aromatic amines is 1. The van der Waals surface area contributed by atoms with Gasteiger partial charge in [-0.15, -0.1) is 0 Å². The van der Waals surface area contributed by atoms with Crippen molar-refractivity contribution < 1.29 is 9.53 Å². The lowest BCUT2D eigenvalue weighted by molar-refractivity contribution is -0.119. The molecule has 1 aromatic carbocycles. The van der Waals surface area contributed by atoms with Crippen LogP contribution in [0.25, 0.3) is 0 Å². The molecule has 0 aliphatic rings. The summed E-state index contributed by atoms with van der Waals surface area (Å²) in [5.41, 5.74) is 7.70. The van der Waals surface area contributed by atoms with Gasteiger partial charge in [0.1, 0.15) is 5.75 Å². The van der Waals surface area contributed by atoms with Crippen molar-refractivity contribution in [1.82, 2.24) is 9.97 Å². The number of aromatic nitrogens is 2. The van der Waals surface area contributed by atoms with Crippen molar-refractivity contribution in [2.75, 3.05) is 7.11 Å². The van der Waals surface area contributed by atoms with Gasteiger partial charge in [-0.3, -0.25) is 4.79 Å². The third kappa shape index (κ3) is 3.66. The molecular weight excluding hydrogens is 242 g/mol. The summed E-state index contributed by atoms with van der Waals surface area (Å²) in [6.07, 6.45) is 4.07. The molecule has 19 heavy (non-hydrogen) atoms. The maximum Gasteiger partial charge on any atom is 0.154 e. The zero-order valence-electron chi connectivity index (χ0n) is 10.8. The second-order valence-electron chi connectivity index (χ2n) is 4.38. The number of H-pyrrole nitrogens is 1. The number of hydrogen-bond donors (Lipinski definition) is 2. The summed E-state index contributed by atoms with van der Waals surface area (Å²) in [4.78, 5) is 18.8. The van der Waals surface area contributed by atoms with Crippen LogP contribution in [0.5, 0.6) is 5.75 Å². The Hall–Kier alpha value is -2.14. The van der Waals surface area contributed by atoms with Crippen LogP contribution < -0.4 is 10.5 Å². The van der Waals surface area contributed by atoms with Crippen molar-refractivity contribution >= 4 is 5.78 Å². The molecule has 0 aliphatic heterocycles. The molecule has 0 spiro atoms. The predicted molar refractivity (Wildman–Crippen MR) is 72.0 cm³/mol. The minimum absolute atomic E-state index is 0.0137. The number of benzene rings is 1. The molecule has 100 valence electrons. The lowest BCUT2D eigenvalue weighted by atomic mass is 10.0. The Morgan fingerprint density at radius 1 is 1.42 bits per heavy atom. The molecule has 2 rings (SSSR count). The van der Waals surface area contributed by atoms with Gasteiger partial charge in [0.05, 0.1) is 19.5 Å². The summed E-state index contributed by atoms with van der Waals surface area (Å²) in [5.74, 6) is 0.790. The quantitative estimate of drug-likeness (QED) is 0.814. The van der Waals surface area contributed by atoms with Crippen LogP contribution in [-0.4, -0.2) is 28.9 Å². The van der Waals surface area contributed by atoms with E-state index in [0.717, 1.165) is 17.0 Å². The van der Waals surface area contributed by atoms with E-state index >= 15 is 0 Å². The van der Waals surface area contributed by atoms with Crippen LogP contribution >= 0.6 is 0 Å². The zero-order valence-corrected chi connectivity index (χ0v) is 10.8. The fourth-order valence-corrected chi connectivity index (χ4v) is 1.82. The summed E-state index contributed by atoms with van der Waals surface area (Å²) >= 11 is 0. The van der Waals surface area contributed by atoms with Crippen molar-refractivity contribution in [3.63, 3.8) is 0 Å². The number of nitrogens with zero attached hydrogens (tertiary/aromatic N) is 1. The van der Waals surface area contributed by atoms with Crippen molar-refractivity contribution in [1.29, 1.82) is 0 Å². The summed E-state index contributed by atoms with van der Waals surface area (Å²) in [6, 6.07) is 6.91. The maximum atomic E-state index is 12.0. The molecule has 0 saturated heterocycles. The largest absolute Gasteiger partial charge is 0.497 e. The molecule has 3 N–H and O–H groups in total. The van der Waals surface area contributed by atoms with Crippen LogP contribution in [0.4, 0.5) is 0 Å². The van der Waals surface area contributed by atoms with Crippen LogP contribution in [0.15, 0.2) is 36.8 Å². The highest BCUT2D eigenvalue weighted by Crippen LogP contribution is 2.12. The number of ether oxygens (including phenoxy) is 1. The zero-order chi connectivity index (χ0) is 13.7. The average molecular weight is 259 g/mol. The fraction of sp³-hybridized carbons (Fsp3) is 0.286.